The van der Waals surface area contributed by atoms with Crippen molar-refractivity contribution in [3.05, 3.63) is 12.3 Å². The first-order valence-electron chi connectivity index (χ1n) is 5.23. The Labute approximate surface area is 78.5 Å². The summed E-state index contributed by atoms with van der Waals surface area (Å²) in [5, 5.41) is 0. The average Bonchev–Trinajstić information content (AvgIpc) is 2.64. The molecule has 1 nitrogen and oxygen atoms in total. The second-order valence-electron chi connectivity index (χ2n) is 2.51. The van der Waals surface area contributed by atoms with E-state index < -0.39 is 0 Å². The van der Waals surface area contributed by atoms with Crippen molar-refractivity contribution in [3.8, 4) is 0 Å². The highest BCUT2D eigenvalue weighted by Gasteiger charge is 2.05. The molecule has 0 atom stereocenters. The van der Waals surface area contributed by atoms with Gasteiger partial charge in [-0.15, -0.1) is 0 Å². The molecule has 0 aromatic rings. The maximum absolute atomic E-state index is 2.35. The second kappa shape index (κ2) is 10.5. The molecule has 0 aliphatic carbocycles. The fourth-order valence-corrected chi connectivity index (χ4v) is 0.938. The lowest BCUT2D eigenvalue weighted by Crippen LogP contribution is -2.22. The lowest BCUT2D eigenvalue weighted by molar-refractivity contribution is 0.336. The highest BCUT2D eigenvalue weighted by molar-refractivity contribution is 4.92. The molecule has 1 aliphatic heterocycles. The minimum Gasteiger partial charge on any atom is -0.375 e. The summed E-state index contributed by atoms with van der Waals surface area (Å²) in [4.78, 5) is 2.35. The molecule has 0 saturated carbocycles. The van der Waals surface area contributed by atoms with Gasteiger partial charge in [-0.05, 0) is 26.5 Å². The Morgan fingerprint density at radius 3 is 1.75 bits per heavy atom. The third-order valence-corrected chi connectivity index (χ3v) is 1.51. The van der Waals surface area contributed by atoms with Crippen LogP contribution in [0.1, 0.15) is 48.0 Å². The Kier molecular flexibility index (Phi) is 12.4. The molecule has 0 saturated heterocycles. The van der Waals surface area contributed by atoms with Gasteiger partial charge in [0.2, 0.25) is 0 Å². The highest BCUT2D eigenvalue weighted by atomic mass is 15.1. The topological polar surface area (TPSA) is 3.24 Å². The Balaban J connectivity index is 0. The average molecular weight is 171 g/mol. The van der Waals surface area contributed by atoms with Gasteiger partial charge in [-0.25, -0.2) is 0 Å². The van der Waals surface area contributed by atoms with Gasteiger partial charge >= 0.3 is 0 Å². The zero-order valence-corrected chi connectivity index (χ0v) is 9.59. The lowest BCUT2D eigenvalue weighted by atomic mass is 10.3. The molecule has 0 spiro atoms. The Bertz CT molecular complexity index is 95.2. The van der Waals surface area contributed by atoms with Gasteiger partial charge in [-0.1, -0.05) is 33.8 Å². The van der Waals surface area contributed by atoms with Crippen LogP contribution in [0.15, 0.2) is 12.3 Å². The van der Waals surface area contributed by atoms with Crippen LogP contribution in [0.5, 0.6) is 0 Å². The molecule has 0 unspecified atom stereocenters. The summed E-state index contributed by atoms with van der Waals surface area (Å²) in [6, 6.07) is 0.689. The van der Waals surface area contributed by atoms with Gasteiger partial charge in [-0.2, -0.15) is 0 Å². The van der Waals surface area contributed by atoms with Crippen molar-refractivity contribution in [2.24, 2.45) is 0 Å². The Morgan fingerprint density at radius 2 is 1.58 bits per heavy atom. The van der Waals surface area contributed by atoms with Gasteiger partial charge in [0.15, 0.2) is 0 Å². The summed E-state index contributed by atoms with van der Waals surface area (Å²) < 4.78 is 0. The van der Waals surface area contributed by atoms with Crippen LogP contribution in [0.2, 0.25) is 0 Å². The van der Waals surface area contributed by atoms with E-state index >= 15 is 0 Å². The van der Waals surface area contributed by atoms with E-state index in [9.17, 15) is 0 Å². The molecule has 0 bridgehead atoms. The number of hydrogen-bond donors (Lipinski definition) is 0. The first kappa shape index (κ1) is 14.1. The monoisotopic (exact) mass is 171 g/mol. The third kappa shape index (κ3) is 6.26. The molecule has 1 aliphatic rings. The molecule has 12 heavy (non-hydrogen) atoms. The zero-order chi connectivity index (χ0) is 9.98. The predicted octanol–water partition coefficient (Wildman–Crippen LogP) is 3.67. The predicted molar refractivity (Wildman–Crippen MR) is 58.3 cm³/mol. The van der Waals surface area contributed by atoms with E-state index in [0.29, 0.717) is 6.04 Å². The van der Waals surface area contributed by atoms with Gasteiger partial charge in [-0.3, -0.25) is 0 Å². The summed E-state index contributed by atoms with van der Waals surface area (Å²) in [5.41, 5.74) is 0. The summed E-state index contributed by atoms with van der Waals surface area (Å²) in [5.74, 6) is 0. The van der Waals surface area contributed by atoms with Crippen LogP contribution in [0, 0.1) is 0 Å². The zero-order valence-electron chi connectivity index (χ0n) is 9.59. The van der Waals surface area contributed by atoms with E-state index in [1.54, 1.807) is 0 Å². The van der Waals surface area contributed by atoms with Crippen LogP contribution in [0.25, 0.3) is 0 Å². The molecule has 74 valence electrons. The van der Waals surface area contributed by atoms with E-state index in [4.69, 9.17) is 0 Å². The van der Waals surface area contributed by atoms with Gasteiger partial charge in [0.25, 0.3) is 0 Å². The third-order valence-electron chi connectivity index (χ3n) is 1.51. The quantitative estimate of drug-likeness (QED) is 0.582. The van der Waals surface area contributed by atoms with E-state index in [1.165, 1.54) is 13.0 Å². The molecular weight excluding hydrogens is 146 g/mol. The molecule has 1 heteroatoms. The summed E-state index contributed by atoms with van der Waals surface area (Å²) in [6.07, 6.45) is 5.64. The molecule has 0 radical (unpaired) electrons. The fourth-order valence-electron chi connectivity index (χ4n) is 0.938. The van der Waals surface area contributed by atoms with Crippen LogP contribution >= 0.6 is 0 Å². The largest absolute Gasteiger partial charge is 0.375 e. The van der Waals surface area contributed by atoms with Crippen molar-refractivity contribution in [1.82, 2.24) is 4.90 Å². The molecular formula is C11H25N. The summed E-state index contributed by atoms with van der Waals surface area (Å²) in [6.45, 7) is 13.7. The molecule has 0 fully saturated rings. The highest BCUT2D eigenvalue weighted by Crippen LogP contribution is 2.07. The molecule has 1 rings (SSSR count). The van der Waals surface area contributed by atoms with Crippen LogP contribution in [-0.4, -0.2) is 17.5 Å². The maximum Gasteiger partial charge on any atom is 0.0227 e. The van der Waals surface area contributed by atoms with Crippen molar-refractivity contribution in [2.45, 2.75) is 54.0 Å². The van der Waals surface area contributed by atoms with Crippen LogP contribution in [0.4, 0.5) is 0 Å². The first-order chi connectivity index (χ1) is 5.80. The number of hydrogen-bond acceptors (Lipinski definition) is 1. The molecule has 0 aromatic carbocycles. The molecule has 0 N–H and O–H groups in total. The minimum absolute atomic E-state index is 0.689. The van der Waals surface area contributed by atoms with Crippen LogP contribution < -0.4 is 0 Å². The van der Waals surface area contributed by atoms with Gasteiger partial charge in [0.1, 0.15) is 0 Å². The van der Waals surface area contributed by atoms with Crippen molar-refractivity contribution in [3.63, 3.8) is 0 Å². The summed E-state index contributed by atoms with van der Waals surface area (Å²) >= 11 is 0. The Hall–Kier alpha value is -0.460. The van der Waals surface area contributed by atoms with Crippen molar-refractivity contribution in [2.75, 3.05) is 6.54 Å². The van der Waals surface area contributed by atoms with Gasteiger partial charge in [0.05, 0.1) is 0 Å². The SMILES string of the molecule is CC.CC.CC(C)N1C=CCC1. The molecule has 1 heterocycles. The molecule has 0 amide bonds. The van der Waals surface area contributed by atoms with E-state index in [-0.39, 0.29) is 0 Å². The lowest BCUT2D eigenvalue weighted by Gasteiger charge is -2.19. The van der Waals surface area contributed by atoms with E-state index in [0.717, 1.165) is 0 Å². The van der Waals surface area contributed by atoms with Crippen molar-refractivity contribution >= 4 is 0 Å². The van der Waals surface area contributed by atoms with E-state index in [1.807, 2.05) is 27.7 Å². The smallest absolute Gasteiger partial charge is 0.0227 e. The maximum atomic E-state index is 2.35. The second-order valence-corrected chi connectivity index (χ2v) is 2.51. The van der Waals surface area contributed by atoms with Crippen molar-refractivity contribution < 1.29 is 0 Å². The minimum atomic E-state index is 0.689. The number of nitrogens with zero attached hydrogens (tertiary/aromatic N) is 1. The standard InChI is InChI=1S/C7H13N.2C2H6/c1-7(2)8-5-3-4-6-8;2*1-2/h3,5,7H,4,6H2,1-2H3;2*1-2H3. The van der Waals surface area contributed by atoms with Gasteiger partial charge in [0, 0.05) is 12.6 Å². The Morgan fingerprint density at radius 1 is 1.08 bits per heavy atom. The first-order valence-corrected chi connectivity index (χ1v) is 5.23. The fraction of sp³-hybridized carbons (Fsp3) is 0.818. The molecule has 0 aromatic heterocycles. The van der Waals surface area contributed by atoms with Crippen LogP contribution in [-0.2, 0) is 0 Å². The number of rotatable bonds is 1. The van der Waals surface area contributed by atoms with Crippen molar-refractivity contribution in [1.29, 1.82) is 0 Å². The van der Waals surface area contributed by atoms with Gasteiger partial charge < -0.3 is 4.90 Å². The summed E-state index contributed by atoms with van der Waals surface area (Å²) in [7, 11) is 0. The normalized spacial score (nSPS) is 13.4. The van der Waals surface area contributed by atoms with E-state index in [2.05, 4.69) is 31.0 Å². The van der Waals surface area contributed by atoms with Crippen LogP contribution in [0.3, 0.4) is 0 Å².